The van der Waals surface area contributed by atoms with Crippen molar-refractivity contribution in [3.63, 3.8) is 0 Å². The third-order valence-corrected chi connectivity index (χ3v) is 4.81. The molecule has 2 N–H and O–H groups in total. The number of hydrogen-bond donors (Lipinski definition) is 2. The minimum Gasteiger partial charge on any atom is -0.487 e. The number of benzene rings is 1. The zero-order valence-electron chi connectivity index (χ0n) is 14.8. The van der Waals surface area contributed by atoms with Gasteiger partial charge in [0, 0.05) is 11.9 Å². The molecule has 1 heterocycles. The minimum atomic E-state index is -0.0483. The number of nitrogens with one attached hydrogen (secondary N) is 2. The van der Waals surface area contributed by atoms with Crippen LogP contribution in [0.3, 0.4) is 0 Å². The molecule has 8 heteroatoms. The van der Waals surface area contributed by atoms with Crippen molar-refractivity contribution in [1.29, 1.82) is 0 Å². The highest BCUT2D eigenvalue weighted by molar-refractivity contribution is 14.0. The van der Waals surface area contributed by atoms with Crippen molar-refractivity contribution in [2.75, 3.05) is 13.6 Å². The van der Waals surface area contributed by atoms with Crippen molar-refractivity contribution in [3.05, 3.63) is 44.9 Å². The molecular weight excluding hydrogens is 471 g/mol. The standard InChI is InChI=1S/C17H23ClN4OS.HI/c1-11(23-15-8-6-5-7-14(15)18)9-20-17(19-4)21-10-16-22-12(2)13(3)24-16;/h5-8,11H,9-10H2,1-4H3,(H2,19,20,21);1H. The Labute approximate surface area is 175 Å². The number of aromatic nitrogens is 1. The van der Waals surface area contributed by atoms with Crippen molar-refractivity contribution < 1.29 is 4.74 Å². The molecule has 0 fully saturated rings. The van der Waals surface area contributed by atoms with Gasteiger partial charge in [-0.2, -0.15) is 0 Å². The molecule has 2 rings (SSSR count). The number of nitrogens with zero attached hydrogens (tertiary/aromatic N) is 2. The number of ether oxygens (including phenoxy) is 1. The quantitative estimate of drug-likeness (QED) is 0.360. The first kappa shape index (κ1) is 22.0. The summed E-state index contributed by atoms with van der Waals surface area (Å²) in [5.74, 6) is 1.40. The third kappa shape index (κ3) is 6.99. The molecule has 1 aromatic heterocycles. The molecule has 25 heavy (non-hydrogen) atoms. The number of thiazole rings is 1. The van der Waals surface area contributed by atoms with Crippen LogP contribution in [0.15, 0.2) is 29.3 Å². The maximum atomic E-state index is 6.10. The molecule has 0 saturated heterocycles. The van der Waals surface area contributed by atoms with Gasteiger partial charge in [-0.25, -0.2) is 4.98 Å². The predicted octanol–water partition coefficient (Wildman–Crippen LogP) is 4.16. The monoisotopic (exact) mass is 494 g/mol. The highest BCUT2D eigenvalue weighted by Gasteiger charge is 2.09. The van der Waals surface area contributed by atoms with Gasteiger partial charge in [0.25, 0.3) is 0 Å². The van der Waals surface area contributed by atoms with Crippen LogP contribution in [0.1, 0.15) is 22.5 Å². The lowest BCUT2D eigenvalue weighted by molar-refractivity contribution is 0.224. The van der Waals surface area contributed by atoms with Crippen LogP contribution in [0.5, 0.6) is 5.75 Å². The molecule has 138 valence electrons. The number of para-hydroxylation sites is 1. The lowest BCUT2D eigenvalue weighted by Gasteiger charge is -2.18. The molecule has 1 aromatic carbocycles. The van der Waals surface area contributed by atoms with Gasteiger partial charge in [0.05, 0.1) is 23.8 Å². The number of aryl methyl sites for hydroxylation is 2. The Morgan fingerprint density at radius 1 is 1.32 bits per heavy atom. The van der Waals surface area contributed by atoms with Crippen LogP contribution in [0.25, 0.3) is 0 Å². The molecule has 1 unspecified atom stereocenters. The number of aliphatic imine (C=N–C) groups is 1. The molecule has 0 bridgehead atoms. The highest BCUT2D eigenvalue weighted by atomic mass is 127. The molecule has 0 aliphatic carbocycles. The van der Waals surface area contributed by atoms with E-state index in [1.165, 1.54) is 4.88 Å². The van der Waals surface area contributed by atoms with Crippen LogP contribution in [-0.4, -0.2) is 30.6 Å². The first-order valence-corrected chi connectivity index (χ1v) is 8.97. The normalized spacial score (nSPS) is 12.3. The molecule has 0 aliphatic heterocycles. The summed E-state index contributed by atoms with van der Waals surface area (Å²) in [6, 6.07) is 7.46. The molecule has 0 spiro atoms. The van der Waals surface area contributed by atoms with Crippen molar-refractivity contribution in [2.45, 2.75) is 33.4 Å². The van der Waals surface area contributed by atoms with Gasteiger partial charge >= 0.3 is 0 Å². The molecule has 5 nitrogen and oxygen atoms in total. The average Bonchev–Trinajstić information content (AvgIpc) is 2.88. The van der Waals surface area contributed by atoms with E-state index in [1.807, 2.05) is 38.1 Å². The van der Waals surface area contributed by atoms with E-state index in [1.54, 1.807) is 18.4 Å². The maximum Gasteiger partial charge on any atom is 0.191 e. The van der Waals surface area contributed by atoms with Crippen molar-refractivity contribution in [1.82, 2.24) is 15.6 Å². The van der Waals surface area contributed by atoms with Gasteiger partial charge in [-0.3, -0.25) is 4.99 Å². The van der Waals surface area contributed by atoms with Crippen molar-refractivity contribution >= 4 is 52.9 Å². The zero-order valence-corrected chi connectivity index (χ0v) is 18.7. The number of halogens is 2. The van der Waals surface area contributed by atoms with Crippen LogP contribution in [0, 0.1) is 13.8 Å². The summed E-state index contributed by atoms with van der Waals surface area (Å²) in [6.07, 6.45) is -0.0483. The largest absolute Gasteiger partial charge is 0.487 e. The Balaban J connectivity index is 0.00000312. The number of guanidine groups is 1. The Morgan fingerprint density at radius 3 is 2.64 bits per heavy atom. The van der Waals surface area contributed by atoms with Gasteiger partial charge in [0.15, 0.2) is 5.96 Å². The molecule has 0 amide bonds. The van der Waals surface area contributed by atoms with Crippen LogP contribution in [0.2, 0.25) is 5.02 Å². The fourth-order valence-corrected chi connectivity index (χ4v) is 3.09. The lowest BCUT2D eigenvalue weighted by Crippen LogP contribution is -2.41. The van der Waals surface area contributed by atoms with E-state index in [-0.39, 0.29) is 30.1 Å². The Kier molecular flexibility index (Phi) is 9.52. The smallest absolute Gasteiger partial charge is 0.191 e. The maximum absolute atomic E-state index is 6.10. The second-order valence-electron chi connectivity index (χ2n) is 5.41. The molecule has 1 atom stereocenters. The summed E-state index contributed by atoms with van der Waals surface area (Å²) in [6.45, 7) is 7.35. The van der Waals surface area contributed by atoms with Crippen LogP contribution < -0.4 is 15.4 Å². The summed E-state index contributed by atoms with van der Waals surface area (Å²) >= 11 is 7.80. The van der Waals surface area contributed by atoms with Crippen LogP contribution >= 0.6 is 46.9 Å². The fraction of sp³-hybridized carbons (Fsp3) is 0.412. The van der Waals surface area contributed by atoms with Gasteiger partial charge in [-0.05, 0) is 32.9 Å². The lowest BCUT2D eigenvalue weighted by atomic mass is 10.3. The Hall–Kier alpha value is -1.06. The Bertz CT molecular complexity index is 688. The molecule has 0 saturated carbocycles. The van der Waals surface area contributed by atoms with E-state index in [9.17, 15) is 0 Å². The van der Waals surface area contributed by atoms with Gasteiger partial charge in [0.2, 0.25) is 0 Å². The summed E-state index contributed by atoms with van der Waals surface area (Å²) in [5, 5.41) is 8.17. The van der Waals surface area contributed by atoms with E-state index in [0.29, 0.717) is 23.9 Å². The fourth-order valence-electron chi connectivity index (χ4n) is 2.03. The molecule has 2 aromatic rings. The van der Waals surface area contributed by atoms with E-state index in [2.05, 4.69) is 27.5 Å². The van der Waals surface area contributed by atoms with E-state index in [0.717, 1.165) is 16.7 Å². The van der Waals surface area contributed by atoms with Gasteiger partial charge < -0.3 is 15.4 Å². The Morgan fingerprint density at radius 2 is 2.04 bits per heavy atom. The summed E-state index contributed by atoms with van der Waals surface area (Å²) in [5.41, 5.74) is 1.08. The van der Waals surface area contributed by atoms with Gasteiger partial charge in [-0.1, -0.05) is 23.7 Å². The number of hydrogen-bond acceptors (Lipinski definition) is 4. The number of rotatable bonds is 6. The predicted molar refractivity (Wildman–Crippen MR) is 117 cm³/mol. The van der Waals surface area contributed by atoms with E-state index < -0.39 is 0 Å². The molecular formula is C17H24ClIN4OS. The van der Waals surface area contributed by atoms with E-state index >= 15 is 0 Å². The molecule has 0 aliphatic rings. The minimum absolute atomic E-state index is 0. The summed E-state index contributed by atoms with van der Waals surface area (Å²) in [4.78, 5) is 9.98. The average molecular weight is 495 g/mol. The topological polar surface area (TPSA) is 58.5 Å². The van der Waals surface area contributed by atoms with Gasteiger partial charge in [-0.15, -0.1) is 35.3 Å². The van der Waals surface area contributed by atoms with E-state index in [4.69, 9.17) is 16.3 Å². The van der Waals surface area contributed by atoms with Crippen molar-refractivity contribution in [3.8, 4) is 5.75 Å². The van der Waals surface area contributed by atoms with Crippen LogP contribution in [0.4, 0.5) is 0 Å². The first-order chi connectivity index (χ1) is 11.5. The van der Waals surface area contributed by atoms with Crippen LogP contribution in [-0.2, 0) is 6.54 Å². The third-order valence-electron chi connectivity index (χ3n) is 3.43. The first-order valence-electron chi connectivity index (χ1n) is 7.78. The van der Waals surface area contributed by atoms with Gasteiger partial charge in [0.1, 0.15) is 16.9 Å². The second kappa shape index (κ2) is 10.8. The van der Waals surface area contributed by atoms with Crippen molar-refractivity contribution in [2.24, 2.45) is 4.99 Å². The molecule has 0 radical (unpaired) electrons. The highest BCUT2D eigenvalue weighted by Crippen LogP contribution is 2.24. The summed E-state index contributed by atoms with van der Waals surface area (Å²) < 4.78 is 5.83. The second-order valence-corrected chi connectivity index (χ2v) is 7.11. The zero-order chi connectivity index (χ0) is 17.5. The summed E-state index contributed by atoms with van der Waals surface area (Å²) in [7, 11) is 1.74. The SMILES string of the molecule is CN=C(NCc1nc(C)c(C)s1)NCC(C)Oc1ccccc1Cl.I.